The van der Waals surface area contributed by atoms with Crippen molar-refractivity contribution in [2.24, 2.45) is 0 Å². The van der Waals surface area contributed by atoms with E-state index in [0.29, 0.717) is 25.1 Å². The standard InChI is InChI=1S/C15H22BrClN4O2Si/c1-24(2,3)5-4-22-9-21-14-11(16)6-12(17)19-13(14)15(20-21)18-10-7-23-8-10/h6,10H,4-5,7-9H2,1-3H3,(H,18,20). The van der Waals surface area contributed by atoms with Gasteiger partial charge < -0.3 is 14.8 Å². The Morgan fingerprint density at radius 3 is 2.83 bits per heavy atom. The molecule has 0 aromatic carbocycles. The van der Waals surface area contributed by atoms with Crippen LogP contribution in [0.15, 0.2) is 10.5 Å². The van der Waals surface area contributed by atoms with Gasteiger partial charge in [0.25, 0.3) is 0 Å². The number of fused-ring (bicyclic) bond motifs is 1. The van der Waals surface area contributed by atoms with Crippen LogP contribution in [0.5, 0.6) is 0 Å². The molecule has 2 aromatic rings. The van der Waals surface area contributed by atoms with Gasteiger partial charge in [0.2, 0.25) is 0 Å². The minimum absolute atomic E-state index is 0.268. The van der Waals surface area contributed by atoms with Crippen LogP contribution >= 0.6 is 27.5 Å². The molecule has 0 radical (unpaired) electrons. The fourth-order valence-electron chi connectivity index (χ4n) is 2.34. The Kier molecular flexibility index (Phi) is 5.51. The molecular weight excluding hydrogens is 412 g/mol. The van der Waals surface area contributed by atoms with Crippen molar-refractivity contribution in [1.29, 1.82) is 0 Å². The topological polar surface area (TPSA) is 61.2 Å². The van der Waals surface area contributed by atoms with Gasteiger partial charge in [-0.2, -0.15) is 5.10 Å². The van der Waals surface area contributed by atoms with Crippen LogP contribution in [0, 0.1) is 0 Å². The first-order valence-electron chi connectivity index (χ1n) is 7.98. The van der Waals surface area contributed by atoms with E-state index in [1.165, 1.54) is 0 Å². The van der Waals surface area contributed by atoms with E-state index in [1.807, 2.05) is 4.68 Å². The molecule has 0 aliphatic carbocycles. The Balaban J connectivity index is 1.81. The van der Waals surface area contributed by atoms with Crippen molar-refractivity contribution in [3.63, 3.8) is 0 Å². The molecule has 132 valence electrons. The molecule has 1 saturated heterocycles. The van der Waals surface area contributed by atoms with Gasteiger partial charge >= 0.3 is 0 Å². The molecule has 0 bridgehead atoms. The number of rotatable bonds is 7. The summed E-state index contributed by atoms with van der Waals surface area (Å²) in [5.74, 6) is 0.718. The highest BCUT2D eigenvalue weighted by atomic mass is 79.9. The lowest BCUT2D eigenvalue weighted by Crippen LogP contribution is -2.40. The quantitative estimate of drug-likeness (QED) is 0.407. The summed E-state index contributed by atoms with van der Waals surface area (Å²) in [6.45, 7) is 9.52. The van der Waals surface area contributed by atoms with Crippen LogP contribution in [0.1, 0.15) is 0 Å². The number of aromatic nitrogens is 3. The Bertz CT molecular complexity index is 730. The summed E-state index contributed by atoms with van der Waals surface area (Å²) in [4.78, 5) is 4.44. The predicted molar refractivity (Wildman–Crippen MR) is 103 cm³/mol. The lowest BCUT2D eigenvalue weighted by Gasteiger charge is -2.26. The van der Waals surface area contributed by atoms with Crippen molar-refractivity contribution < 1.29 is 9.47 Å². The predicted octanol–water partition coefficient (Wildman–Crippen LogP) is 3.97. The van der Waals surface area contributed by atoms with Crippen molar-refractivity contribution in [3.05, 3.63) is 15.7 Å². The summed E-state index contributed by atoms with van der Waals surface area (Å²) in [5, 5.41) is 8.43. The molecule has 24 heavy (non-hydrogen) atoms. The Hall–Kier alpha value is -0.673. The molecule has 1 aliphatic heterocycles. The van der Waals surface area contributed by atoms with Crippen LogP contribution in [0.4, 0.5) is 5.82 Å². The molecule has 2 aromatic heterocycles. The van der Waals surface area contributed by atoms with Gasteiger partial charge in [-0.3, -0.25) is 0 Å². The Morgan fingerprint density at radius 1 is 1.46 bits per heavy atom. The number of ether oxygens (including phenoxy) is 2. The number of nitrogens with one attached hydrogen (secondary N) is 1. The Labute approximate surface area is 156 Å². The molecule has 1 fully saturated rings. The van der Waals surface area contributed by atoms with Crippen LogP contribution in [0.3, 0.4) is 0 Å². The summed E-state index contributed by atoms with van der Waals surface area (Å²) in [5.41, 5.74) is 1.63. The molecule has 0 saturated carbocycles. The third-order valence-electron chi connectivity index (χ3n) is 3.81. The molecule has 1 N–H and O–H groups in total. The third kappa shape index (κ3) is 4.29. The molecular formula is C15H22BrClN4O2Si. The van der Waals surface area contributed by atoms with E-state index in [-0.39, 0.29) is 6.04 Å². The smallest absolute Gasteiger partial charge is 0.175 e. The van der Waals surface area contributed by atoms with Crippen molar-refractivity contribution in [2.75, 3.05) is 25.1 Å². The SMILES string of the molecule is C[Si](C)(C)CCOCn1nc(NC2COC2)c2nc(Cl)cc(Br)c21. The van der Waals surface area contributed by atoms with Gasteiger partial charge in [0.15, 0.2) is 5.82 Å². The first kappa shape index (κ1) is 18.1. The Morgan fingerprint density at radius 2 is 2.21 bits per heavy atom. The molecule has 9 heteroatoms. The number of halogens is 2. The number of nitrogens with zero attached hydrogens (tertiary/aromatic N) is 3. The number of hydrogen-bond donors (Lipinski definition) is 1. The van der Waals surface area contributed by atoms with E-state index < -0.39 is 8.07 Å². The molecule has 6 nitrogen and oxygen atoms in total. The second-order valence-corrected chi connectivity index (χ2v) is 14.1. The van der Waals surface area contributed by atoms with Gasteiger partial charge in [-0.05, 0) is 28.0 Å². The number of pyridine rings is 1. The monoisotopic (exact) mass is 432 g/mol. The third-order valence-corrected chi connectivity index (χ3v) is 6.31. The minimum atomic E-state index is -1.10. The van der Waals surface area contributed by atoms with Crippen LogP contribution in [-0.4, -0.2) is 48.7 Å². The van der Waals surface area contributed by atoms with Crippen LogP contribution < -0.4 is 5.32 Å². The van der Waals surface area contributed by atoms with Crippen molar-refractivity contribution in [3.8, 4) is 0 Å². The zero-order valence-corrected chi connectivity index (χ0v) is 17.4. The van der Waals surface area contributed by atoms with Gasteiger partial charge in [-0.15, -0.1) is 0 Å². The van der Waals surface area contributed by atoms with E-state index >= 15 is 0 Å². The fourth-order valence-corrected chi connectivity index (χ4v) is 4.03. The molecule has 0 amide bonds. The zero-order chi connectivity index (χ0) is 17.3. The number of anilines is 1. The molecule has 0 spiro atoms. The van der Waals surface area contributed by atoms with E-state index in [0.717, 1.165) is 34.0 Å². The van der Waals surface area contributed by atoms with Crippen LogP contribution in [0.25, 0.3) is 11.0 Å². The van der Waals surface area contributed by atoms with Crippen molar-refractivity contribution >= 4 is 52.5 Å². The van der Waals surface area contributed by atoms with Crippen molar-refractivity contribution in [1.82, 2.24) is 14.8 Å². The second-order valence-electron chi connectivity index (χ2n) is 7.20. The van der Waals surface area contributed by atoms with Crippen molar-refractivity contribution in [2.45, 2.75) is 38.5 Å². The maximum Gasteiger partial charge on any atom is 0.175 e. The van der Waals surface area contributed by atoms with Gasteiger partial charge in [0.05, 0.1) is 19.3 Å². The van der Waals surface area contributed by atoms with Gasteiger partial charge in [0.1, 0.15) is 22.9 Å². The number of hydrogen-bond acceptors (Lipinski definition) is 5. The van der Waals surface area contributed by atoms with E-state index in [1.54, 1.807) is 6.07 Å². The highest BCUT2D eigenvalue weighted by Crippen LogP contribution is 2.31. The lowest BCUT2D eigenvalue weighted by atomic mass is 10.2. The largest absolute Gasteiger partial charge is 0.377 e. The first-order chi connectivity index (χ1) is 11.3. The second kappa shape index (κ2) is 7.29. The highest BCUT2D eigenvalue weighted by Gasteiger charge is 2.23. The van der Waals surface area contributed by atoms with Crippen LogP contribution in [-0.2, 0) is 16.2 Å². The summed E-state index contributed by atoms with van der Waals surface area (Å²) in [6.07, 6.45) is 0. The average molecular weight is 434 g/mol. The zero-order valence-electron chi connectivity index (χ0n) is 14.1. The summed E-state index contributed by atoms with van der Waals surface area (Å²) >= 11 is 9.67. The van der Waals surface area contributed by atoms with Crippen LogP contribution in [0.2, 0.25) is 30.8 Å². The normalized spacial score (nSPS) is 15.7. The maximum atomic E-state index is 6.11. The molecule has 3 rings (SSSR count). The van der Waals surface area contributed by atoms with E-state index in [9.17, 15) is 0 Å². The fraction of sp³-hybridized carbons (Fsp3) is 0.600. The lowest BCUT2D eigenvalue weighted by molar-refractivity contribution is 0.0209. The highest BCUT2D eigenvalue weighted by molar-refractivity contribution is 9.10. The average Bonchev–Trinajstić information content (AvgIpc) is 2.76. The summed E-state index contributed by atoms with van der Waals surface area (Å²) in [7, 11) is -1.10. The molecule has 1 aliphatic rings. The first-order valence-corrected chi connectivity index (χ1v) is 12.9. The van der Waals surface area contributed by atoms with E-state index in [2.05, 4.69) is 51.0 Å². The van der Waals surface area contributed by atoms with Gasteiger partial charge in [-0.1, -0.05) is 31.2 Å². The van der Waals surface area contributed by atoms with Gasteiger partial charge in [-0.25, -0.2) is 9.67 Å². The summed E-state index contributed by atoms with van der Waals surface area (Å²) < 4.78 is 13.7. The molecule has 0 atom stereocenters. The minimum Gasteiger partial charge on any atom is -0.377 e. The van der Waals surface area contributed by atoms with E-state index in [4.69, 9.17) is 21.1 Å². The molecule has 3 heterocycles. The summed E-state index contributed by atoms with van der Waals surface area (Å²) in [6, 6.07) is 3.17. The molecule has 0 unspecified atom stereocenters. The maximum absolute atomic E-state index is 6.11. The van der Waals surface area contributed by atoms with Gasteiger partial charge in [0, 0.05) is 19.2 Å².